The standard InChI is InChI=1S/C20H20F3N3O4S/c1-3-25(4-2)31(29,30)15-8-5-13(6-9-15)19(28)26-12-18(27)24-16-11-14(20(21,22)23)7-10-17(16)26/h5-11H,3-4,12H2,1-2H3,(H,24,27). The molecule has 0 saturated heterocycles. The summed E-state index contributed by atoms with van der Waals surface area (Å²) in [4.78, 5) is 26.0. The second-order valence-corrected chi connectivity index (χ2v) is 8.72. The van der Waals surface area contributed by atoms with Crippen LogP contribution < -0.4 is 10.2 Å². The average Bonchev–Trinajstić information content (AvgIpc) is 2.72. The summed E-state index contributed by atoms with van der Waals surface area (Å²) < 4.78 is 65.4. The smallest absolute Gasteiger partial charge is 0.323 e. The highest BCUT2D eigenvalue weighted by Crippen LogP contribution is 2.37. The van der Waals surface area contributed by atoms with Gasteiger partial charge < -0.3 is 5.32 Å². The maximum atomic E-state index is 13.0. The lowest BCUT2D eigenvalue weighted by Gasteiger charge is -2.30. The molecule has 31 heavy (non-hydrogen) atoms. The number of anilines is 2. The molecule has 1 heterocycles. The number of nitrogens with one attached hydrogen (secondary N) is 1. The van der Waals surface area contributed by atoms with Crippen LogP contribution in [0.15, 0.2) is 47.4 Å². The third kappa shape index (κ3) is 4.42. The Morgan fingerprint density at radius 1 is 1.10 bits per heavy atom. The van der Waals surface area contributed by atoms with E-state index < -0.39 is 33.6 Å². The van der Waals surface area contributed by atoms with Gasteiger partial charge in [0, 0.05) is 18.7 Å². The Morgan fingerprint density at radius 3 is 2.26 bits per heavy atom. The van der Waals surface area contributed by atoms with Crippen molar-refractivity contribution in [1.82, 2.24) is 4.31 Å². The summed E-state index contributed by atoms with van der Waals surface area (Å²) in [6.07, 6.45) is -4.60. The highest BCUT2D eigenvalue weighted by molar-refractivity contribution is 7.89. The van der Waals surface area contributed by atoms with Gasteiger partial charge in [0.2, 0.25) is 15.9 Å². The minimum absolute atomic E-state index is 0.0133. The van der Waals surface area contributed by atoms with Crippen LogP contribution in [0.5, 0.6) is 0 Å². The normalized spacial score (nSPS) is 14.4. The third-order valence-corrected chi connectivity index (χ3v) is 6.94. The molecule has 11 heteroatoms. The molecule has 2 aromatic carbocycles. The molecule has 166 valence electrons. The summed E-state index contributed by atoms with van der Waals surface area (Å²) in [5, 5.41) is 2.35. The average molecular weight is 455 g/mol. The maximum absolute atomic E-state index is 13.0. The largest absolute Gasteiger partial charge is 0.416 e. The number of carbonyl (C=O) groups excluding carboxylic acids is 2. The zero-order valence-electron chi connectivity index (χ0n) is 16.7. The van der Waals surface area contributed by atoms with E-state index in [2.05, 4.69) is 5.32 Å². The molecule has 0 aromatic heterocycles. The molecule has 7 nitrogen and oxygen atoms in total. The Balaban J connectivity index is 1.93. The molecule has 0 fully saturated rings. The number of halogens is 3. The van der Waals surface area contributed by atoms with Gasteiger partial charge in [-0.2, -0.15) is 17.5 Å². The van der Waals surface area contributed by atoms with Crippen LogP contribution in [0.4, 0.5) is 24.5 Å². The number of hydrogen-bond acceptors (Lipinski definition) is 4. The minimum Gasteiger partial charge on any atom is -0.323 e. The van der Waals surface area contributed by atoms with Gasteiger partial charge in [0.05, 0.1) is 21.8 Å². The van der Waals surface area contributed by atoms with Gasteiger partial charge >= 0.3 is 6.18 Å². The van der Waals surface area contributed by atoms with E-state index in [0.29, 0.717) is 13.1 Å². The van der Waals surface area contributed by atoms with E-state index in [1.165, 1.54) is 28.6 Å². The number of fused-ring (bicyclic) bond motifs is 1. The first-order valence-corrected chi connectivity index (χ1v) is 10.9. The van der Waals surface area contributed by atoms with E-state index in [4.69, 9.17) is 0 Å². The number of nitrogens with zero attached hydrogens (tertiary/aromatic N) is 2. The fourth-order valence-electron chi connectivity index (χ4n) is 3.29. The highest BCUT2D eigenvalue weighted by atomic mass is 32.2. The number of alkyl halides is 3. The first-order valence-electron chi connectivity index (χ1n) is 9.42. The lowest BCUT2D eigenvalue weighted by atomic mass is 10.1. The van der Waals surface area contributed by atoms with Gasteiger partial charge in [-0.05, 0) is 42.5 Å². The van der Waals surface area contributed by atoms with Gasteiger partial charge in [0.15, 0.2) is 0 Å². The zero-order chi connectivity index (χ0) is 23.0. The van der Waals surface area contributed by atoms with Gasteiger partial charge in [-0.15, -0.1) is 0 Å². The summed E-state index contributed by atoms with van der Waals surface area (Å²) in [6.45, 7) is 3.62. The number of sulfonamides is 1. The molecular weight excluding hydrogens is 435 g/mol. The van der Waals surface area contributed by atoms with Crippen LogP contribution in [-0.4, -0.2) is 44.2 Å². The molecule has 0 bridgehead atoms. The Kier molecular flexibility index (Phi) is 6.10. The van der Waals surface area contributed by atoms with Crippen molar-refractivity contribution in [2.45, 2.75) is 24.9 Å². The molecule has 1 aliphatic rings. The Labute approximate surface area is 177 Å². The summed E-state index contributed by atoms with van der Waals surface area (Å²) in [6, 6.07) is 7.93. The van der Waals surface area contributed by atoms with Crippen molar-refractivity contribution in [2.24, 2.45) is 0 Å². The van der Waals surface area contributed by atoms with Crippen molar-refractivity contribution in [2.75, 3.05) is 29.9 Å². The molecule has 0 aliphatic carbocycles. The van der Waals surface area contributed by atoms with Crippen molar-refractivity contribution in [3.05, 3.63) is 53.6 Å². The molecule has 0 atom stereocenters. The predicted molar refractivity (Wildman–Crippen MR) is 108 cm³/mol. The summed E-state index contributed by atoms with van der Waals surface area (Å²) in [7, 11) is -3.71. The molecule has 0 spiro atoms. The lowest BCUT2D eigenvalue weighted by Crippen LogP contribution is -2.42. The summed E-state index contributed by atoms with van der Waals surface area (Å²) in [5.41, 5.74) is -0.858. The second kappa shape index (κ2) is 8.31. The van der Waals surface area contributed by atoms with E-state index in [9.17, 15) is 31.2 Å². The number of carbonyl (C=O) groups is 2. The first kappa shape index (κ1) is 22.8. The SMILES string of the molecule is CCN(CC)S(=O)(=O)c1ccc(C(=O)N2CC(=O)Nc3cc(C(F)(F)F)ccc32)cc1. The highest BCUT2D eigenvalue weighted by Gasteiger charge is 2.34. The van der Waals surface area contributed by atoms with E-state index >= 15 is 0 Å². The van der Waals surface area contributed by atoms with Crippen LogP contribution >= 0.6 is 0 Å². The van der Waals surface area contributed by atoms with Crippen molar-refractivity contribution in [3.63, 3.8) is 0 Å². The molecular formula is C20H20F3N3O4S. The quantitative estimate of drug-likeness (QED) is 0.749. The molecule has 0 radical (unpaired) electrons. The molecule has 2 aromatic rings. The van der Waals surface area contributed by atoms with Crippen molar-refractivity contribution in [1.29, 1.82) is 0 Å². The minimum atomic E-state index is -4.60. The fourth-order valence-corrected chi connectivity index (χ4v) is 4.74. The Hall–Kier alpha value is -2.92. The van der Waals surface area contributed by atoms with Gasteiger partial charge in [0.25, 0.3) is 5.91 Å². The Bertz CT molecular complexity index is 1110. The topological polar surface area (TPSA) is 86.8 Å². The number of amides is 2. The predicted octanol–water partition coefficient (Wildman–Crippen LogP) is 3.33. The van der Waals surface area contributed by atoms with Gasteiger partial charge in [-0.3, -0.25) is 14.5 Å². The molecule has 3 rings (SSSR count). The molecule has 1 aliphatic heterocycles. The number of benzene rings is 2. The van der Waals surface area contributed by atoms with Crippen molar-refractivity contribution < 1.29 is 31.2 Å². The third-order valence-electron chi connectivity index (χ3n) is 4.88. The van der Waals surface area contributed by atoms with Gasteiger partial charge in [-0.1, -0.05) is 13.8 Å². The van der Waals surface area contributed by atoms with Crippen LogP contribution in [0.1, 0.15) is 29.8 Å². The van der Waals surface area contributed by atoms with Crippen LogP contribution in [0.25, 0.3) is 0 Å². The van der Waals surface area contributed by atoms with Gasteiger partial charge in [0.1, 0.15) is 6.54 Å². The molecule has 2 amide bonds. The number of rotatable bonds is 5. The summed E-state index contributed by atoms with van der Waals surface area (Å²) >= 11 is 0. The first-order chi connectivity index (χ1) is 14.5. The molecule has 0 saturated carbocycles. The second-order valence-electron chi connectivity index (χ2n) is 6.78. The molecule has 1 N–H and O–H groups in total. The maximum Gasteiger partial charge on any atom is 0.416 e. The molecule has 0 unspecified atom stereocenters. The lowest BCUT2D eigenvalue weighted by molar-refractivity contribution is -0.137. The van der Waals surface area contributed by atoms with Crippen LogP contribution in [-0.2, 0) is 21.0 Å². The van der Waals surface area contributed by atoms with Crippen LogP contribution in [0.3, 0.4) is 0 Å². The van der Waals surface area contributed by atoms with Gasteiger partial charge in [-0.25, -0.2) is 8.42 Å². The van der Waals surface area contributed by atoms with E-state index in [1.807, 2.05) is 0 Å². The van der Waals surface area contributed by atoms with Crippen LogP contribution in [0.2, 0.25) is 0 Å². The monoisotopic (exact) mass is 455 g/mol. The van der Waals surface area contributed by atoms with Crippen molar-refractivity contribution >= 4 is 33.2 Å². The zero-order valence-corrected chi connectivity index (χ0v) is 17.5. The van der Waals surface area contributed by atoms with Crippen LogP contribution in [0, 0.1) is 0 Å². The van der Waals surface area contributed by atoms with E-state index in [1.54, 1.807) is 13.8 Å². The Morgan fingerprint density at radius 2 is 1.71 bits per heavy atom. The van der Waals surface area contributed by atoms with E-state index in [0.717, 1.165) is 23.1 Å². The summed E-state index contributed by atoms with van der Waals surface area (Å²) in [5.74, 6) is -1.27. The number of hydrogen-bond donors (Lipinski definition) is 1. The fraction of sp³-hybridized carbons (Fsp3) is 0.300. The van der Waals surface area contributed by atoms with E-state index in [-0.39, 0.29) is 28.4 Å². The van der Waals surface area contributed by atoms with Crippen molar-refractivity contribution in [3.8, 4) is 0 Å².